The topological polar surface area (TPSA) is 35.2 Å². The number of benzene rings is 1. The Kier molecular flexibility index (Phi) is 2.99. The Bertz CT molecular complexity index is 463. The fourth-order valence-electron chi connectivity index (χ4n) is 1.78. The molecular weight excluding hydrogens is 218 g/mol. The van der Waals surface area contributed by atoms with Crippen LogP contribution in [0.2, 0.25) is 0 Å². The second-order valence-electron chi connectivity index (χ2n) is 3.88. The van der Waals surface area contributed by atoms with E-state index in [0.717, 1.165) is 16.2 Å². The number of nitrogens with two attached hydrogens (primary N) is 1. The van der Waals surface area contributed by atoms with Crippen LogP contribution in [-0.4, -0.2) is 7.11 Å². The molecular formula is C13H15NOS. The second kappa shape index (κ2) is 4.28. The standard InChI is InChI=1S/C13H15NOS/c1-13(14,12-8-5-9-16-12)10-6-3-4-7-11(10)15-2/h3-9H,14H2,1-2H3. The zero-order valence-corrected chi connectivity index (χ0v) is 10.3. The zero-order valence-electron chi connectivity index (χ0n) is 9.44. The third-order valence-corrected chi connectivity index (χ3v) is 3.81. The van der Waals surface area contributed by atoms with Gasteiger partial charge in [-0.05, 0) is 24.4 Å². The van der Waals surface area contributed by atoms with Crippen molar-refractivity contribution in [1.29, 1.82) is 0 Å². The van der Waals surface area contributed by atoms with E-state index in [1.54, 1.807) is 18.4 Å². The van der Waals surface area contributed by atoms with Gasteiger partial charge >= 0.3 is 0 Å². The minimum atomic E-state index is -0.499. The predicted molar refractivity (Wildman–Crippen MR) is 68.0 cm³/mol. The molecule has 0 spiro atoms. The van der Waals surface area contributed by atoms with E-state index in [0.29, 0.717) is 0 Å². The number of thiophene rings is 1. The maximum absolute atomic E-state index is 6.41. The maximum Gasteiger partial charge on any atom is 0.124 e. The lowest BCUT2D eigenvalue weighted by Gasteiger charge is -2.25. The van der Waals surface area contributed by atoms with Crippen molar-refractivity contribution in [2.24, 2.45) is 5.73 Å². The summed E-state index contributed by atoms with van der Waals surface area (Å²) in [5.41, 5.74) is 6.93. The molecule has 0 fully saturated rings. The van der Waals surface area contributed by atoms with Crippen molar-refractivity contribution >= 4 is 11.3 Å². The summed E-state index contributed by atoms with van der Waals surface area (Å²) in [5, 5.41) is 2.04. The summed E-state index contributed by atoms with van der Waals surface area (Å²) in [6.07, 6.45) is 0. The second-order valence-corrected chi connectivity index (χ2v) is 4.83. The van der Waals surface area contributed by atoms with Gasteiger partial charge in [-0.3, -0.25) is 0 Å². The van der Waals surface area contributed by atoms with Crippen molar-refractivity contribution < 1.29 is 4.74 Å². The first-order valence-electron chi connectivity index (χ1n) is 5.12. The molecule has 0 aliphatic carbocycles. The average Bonchev–Trinajstić information content (AvgIpc) is 2.83. The summed E-state index contributed by atoms with van der Waals surface area (Å²) >= 11 is 1.66. The number of methoxy groups -OCH3 is 1. The highest BCUT2D eigenvalue weighted by Crippen LogP contribution is 2.35. The quantitative estimate of drug-likeness (QED) is 0.884. The Balaban J connectivity index is 2.51. The van der Waals surface area contributed by atoms with E-state index < -0.39 is 5.54 Å². The SMILES string of the molecule is COc1ccccc1C(C)(N)c1cccs1. The first-order valence-corrected chi connectivity index (χ1v) is 6.00. The van der Waals surface area contributed by atoms with Crippen molar-refractivity contribution in [3.63, 3.8) is 0 Å². The fourth-order valence-corrected chi connectivity index (χ4v) is 2.60. The van der Waals surface area contributed by atoms with Crippen LogP contribution in [0, 0.1) is 0 Å². The molecule has 0 aliphatic heterocycles. The van der Waals surface area contributed by atoms with E-state index in [-0.39, 0.29) is 0 Å². The summed E-state index contributed by atoms with van der Waals surface area (Å²) in [5.74, 6) is 0.834. The molecule has 0 radical (unpaired) electrons. The van der Waals surface area contributed by atoms with E-state index in [1.807, 2.05) is 42.6 Å². The van der Waals surface area contributed by atoms with Gasteiger partial charge in [0.1, 0.15) is 5.75 Å². The molecule has 1 unspecified atom stereocenters. The molecule has 0 saturated carbocycles. The van der Waals surface area contributed by atoms with Crippen LogP contribution >= 0.6 is 11.3 Å². The molecule has 0 amide bonds. The molecule has 2 N–H and O–H groups in total. The third-order valence-electron chi connectivity index (χ3n) is 2.70. The summed E-state index contributed by atoms with van der Waals surface area (Å²) < 4.78 is 5.35. The first kappa shape index (κ1) is 11.2. The van der Waals surface area contributed by atoms with E-state index in [9.17, 15) is 0 Å². The molecule has 1 atom stereocenters. The molecule has 84 valence electrons. The highest BCUT2D eigenvalue weighted by atomic mass is 32.1. The molecule has 2 rings (SSSR count). The lowest BCUT2D eigenvalue weighted by atomic mass is 9.91. The minimum Gasteiger partial charge on any atom is -0.496 e. The summed E-state index contributed by atoms with van der Waals surface area (Å²) in [6, 6.07) is 12.0. The van der Waals surface area contributed by atoms with E-state index in [4.69, 9.17) is 10.5 Å². The van der Waals surface area contributed by atoms with Gasteiger partial charge in [-0.1, -0.05) is 24.3 Å². The fraction of sp³-hybridized carbons (Fsp3) is 0.231. The van der Waals surface area contributed by atoms with Gasteiger partial charge in [-0.2, -0.15) is 0 Å². The molecule has 0 bridgehead atoms. The van der Waals surface area contributed by atoms with Gasteiger partial charge in [-0.25, -0.2) is 0 Å². The van der Waals surface area contributed by atoms with Crippen LogP contribution in [-0.2, 0) is 5.54 Å². The zero-order chi connectivity index (χ0) is 11.6. The van der Waals surface area contributed by atoms with Crippen molar-refractivity contribution in [2.45, 2.75) is 12.5 Å². The van der Waals surface area contributed by atoms with Gasteiger partial charge in [0.15, 0.2) is 0 Å². The van der Waals surface area contributed by atoms with Crippen LogP contribution in [0.15, 0.2) is 41.8 Å². The van der Waals surface area contributed by atoms with Crippen molar-refractivity contribution in [3.05, 3.63) is 52.2 Å². The lowest BCUT2D eigenvalue weighted by Crippen LogP contribution is -2.33. The monoisotopic (exact) mass is 233 g/mol. The Morgan fingerprint density at radius 2 is 1.94 bits per heavy atom. The van der Waals surface area contributed by atoms with Gasteiger partial charge in [0, 0.05) is 10.4 Å². The van der Waals surface area contributed by atoms with Crippen LogP contribution in [0.1, 0.15) is 17.4 Å². The van der Waals surface area contributed by atoms with Gasteiger partial charge in [0.2, 0.25) is 0 Å². The van der Waals surface area contributed by atoms with E-state index in [1.165, 1.54) is 0 Å². The Morgan fingerprint density at radius 3 is 2.56 bits per heavy atom. The van der Waals surface area contributed by atoms with E-state index >= 15 is 0 Å². The Hall–Kier alpha value is -1.32. The summed E-state index contributed by atoms with van der Waals surface area (Å²) in [6.45, 7) is 2.01. The summed E-state index contributed by atoms with van der Waals surface area (Å²) in [4.78, 5) is 1.14. The Morgan fingerprint density at radius 1 is 1.19 bits per heavy atom. The third kappa shape index (κ3) is 1.84. The van der Waals surface area contributed by atoms with Gasteiger partial charge < -0.3 is 10.5 Å². The molecule has 2 nitrogen and oxygen atoms in total. The van der Waals surface area contributed by atoms with Crippen molar-refractivity contribution in [2.75, 3.05) is 7.11 Å². The highest BCUT2D eigenvalue weighted by molar-refractivity contribution is 7.10. The molecule has 1 heterocycles. The highest BCUT2D eigenvalue weighted by Gasteiger charge is 2.27. The minimum absolute atomic E-state index is 0.499. The number of hydrogen-bond acceptors (Lipinski definition) is 3. The van der Waals surface area contributed by atoms with Crippen LogP contribution in [0.5, 0.6) is 5.75 Å². The van der Waals surface area contributed by atoms with Crippen LogP contribution < -0.4 is 10.5 Å². The normalized spacial score (nSPS) is 14.4. The van der Waals surface area contributed by atoms with Crippen LogP contribution in [0.4, 0.5) is 0 Å². The number of para-hydroxylation sites is 1. The van der Waals surface area contributed by atoms with Gasteiger partial charge in [0.25, 0.3) is 0 Å². The number of rotatable bonds is 3. The number of ether oxygens (including phenoxy) is 1. The van der Waals surface area contributed by atoms with Gasteiger partial charge in [0.05, 0.1) is 12.6 Å². The number of hydrogen-bond donors (Lipinski definition) is 1. The van der Waals surface area contributed by atoms with Crippen molar-refractivity contribution in [1.82, 2.24) is 0 Å². The maximum atomic E-state index is 6.41. The van der Waals surface area contributed by atoms with Crippen molar-refractivity contribution in [3.8, 4) is 5.75 Å². The molecule has 3 heteroatoms. The van der Waals surface area contributed by atoms with E-state index in [2.05, 4.69) is 6.07 Å². The average molecular weight is 233 g/mol. The molecule has 2 aromatic rings. The molecule has 16 heavy (non-hydrogen) atoms. The molecule has 1 aromatic carbocycles. The lowest BCUT2D eigenvalue weighted by molar-refractivity contribution is 0.399. The largest absolute Gasteiger partial charge is 0.496 e. The van der Waals surface area contributed by atoms with Crippen LogP contribution in [0.3, 0.4) is 0 Å². The Labute approximate surface area is 99.7 Å². The van der Waals surface area contributed by atoms with Gasteiger partial charge in [-0.15, -0.1) is 11.3 Å². The summed E-state index contributed by atoms with van der Waals surface area (Å²) in [7, 11) is 1.67. The smallest absolute Gasteiger partial charge is 0.124 e. The molecule has 0 saturated heterocycles. The first-order chi connectivity index (χ1) is 7.66. The molecule has 1 aromatic heterocycles. The van der Waals surface area contributed by atoms with Crippen LogP contribution in [0.25, 0.3) is 0 Å². The predicted octanol–water partition coefficient (Wildman–Crippen LogP) is 2.98. The molecule has 0 aliphatic rings.